The Hall–Kier alpha value is -3.65. The van der Waals surface area contributed by atoms with Crippen LogP contribution in [-0.4, -0.2) is 30.9 Å². The number of benzene rings is 3. The van der Waals surface area contributed by atoms with E-state index in [0.717, 1.165) is 26.9 Å². The van der Waals surface area contributed by atoms with Gasteiger partial charge in [0.1, 0.15) is 5.75 Å². The minimum absolute atomic E-state index is 0.0929. The van der Waals surface area contributed by atoms with E-state index in [1.807, 2.05) is 38.1 Å². The van der Waals surface area contributed by atoms with Crippen molar-refractivity contribution in [3.8, 4) is 5.75 Å². The molecule has 8 heteroatoms. The van der Waals surface area contributed by atoms with E-state index in [-0.39, 0.29) is 30.7 Å². The number of nitrogens with zero attached hydrogens (tertiary/aromatic N) is 1. The maximum atomic E-state index is 12.8. The van der Waals surface area contributed by atoms with E-state index in [9.17, 15) is 14.4 Å². The third kappa shape index (κ3) is 7.26. The Kier molecular flexibility index (Phi) is 9.07. The molecular weight excluding hydrogens is 558 g/mol. The summed E-state index contributed by atoms with van der Waals surface area (Å²) in [6.45, 7) is 8.78. The molecule has 1 aliphatic heterocycles. The van der Waals surface area contributed by atoms with Crippen LogP contribution in [0.1, 0.15) is 48.4 Å². The van der Waals surface area contributed by atoms with Crippen LogP contribution in [-0.2, 0) is 20.9 Å². The highest BCUT2D eigenvalue weighted by Crippen LogP contribution is 2.28. The number of hydrogen-bond acceptors (Lipinski definition) is 4. The minimum Gasteiger partial charge on any atom is -0.484 e. The summed E-state index contributed by atoms with van der Waals surface area (Å²) in [5.41, 5.74) is 5.67. The maximum absolute atomic E-state index is 12.8. The minimum atomic E-state index is -0.405. The van der Waals surface area contributed by atoms with Crippen molar-refractivity contribution >= 4 is 45.0 Å². The second-order valence-corrected chi connectivity index (χ2v) is 11.2. The molecule has 4 rings (SSSR count). The molecule has 0 radical (unpaired) electrons. The summed E-state index contributed by atoms with van der Waals surface area (Å²) in [6, 6.07) is 19.1. The molecule has 2 N–H and O–H groups in total. The monoisotopic (exact) mass is 591 g/mol. The Morgan fingerprint density at radius 2 is 1.67 bits per heavy atom. The predicted octanol–water partition coefficient (Wildman–Crippen LogP) is 5.88. The lowest BCUT2D eigenvalue weighted by Gasteiger charge is -2.17. The molecule has 1 saturated heterocycles. The lowest BCUT2D eigenvalue weighted by molar-refractivity contribution is -0.126. The van der Waals surface area contributed by atoms with E-state index in [1.165, 1.54) is 5.56 Å². The predicted molar refractivity (Wildman–Crippen MR) is 157 cm³/mol. The summed E-state index contributed by atoms with van der Waals surface area (Å²) >= 11 is 3.46. The average molecular weight is 593 g/mol. The number of anilines is 2. The number of aryl methyl sites for hydroxylation is 2. The van der Waals surface area contributed by atoms with Crippen molar-refractivity contribution in [2.24, 2.45) is 5.92 Å². The largest absolute Gasteiger partial charge is 0.484 e. The summed E-state index contributed by atoms with van der Waals surface area (Å²) in [5, 5.41) is 5.87. The molecule has 0 saturated carbocycles. The fourth-order valence-corrected chi connectivity index (χ4v) is 5.33. The fraction of sp³-hybridized carbons (Fsp3) is 0.323. The van der Waals surface area contributed by atoms with Crippen molar-refractivity contribution in [1.29, 1.82) is 0 Å². The summed E-state index contributed by atoms with van der Waals surface area (Å²) < 4.78 is 6.61. The maximum Gasteiger partial charge on any atom is 0.262 e. The van der Waals surface area contributed by atoms with Crippen LogP contribution in [0.25, 0.3) is 0 Å². The Morgan fingerprint density at radius 1 is 1.03 bits per heavy atom. The van der Waals surface area contributed by atoms with Crippen LogP contribution in [0.15, 0.2) is 65.1 Å². The fourth-order valence-electron chi connectivity index (χ4n) is 4.64. The quantitative estimate of drug-likeness (QED) is 0.325. The Bertz CT molecular complexity index is 1330. The average Bonchev–Trinajstić information content (AvgIpc) is 3.30. The van der Waals surface area contributed by atoms with Gasteiger partial charge in [-0.05, 0) is 78.4 Å². The van der Waals surface area contributed by atoms with Crippen LogP contribution in [0.2, 0.25) is 0 Å². The smallest absolute Gasteiger partial charge is 0.262 e. The number of carbonyl (C=O) groups excluding carboxylic acids is 3. The van der Waals surface area contributed by atoms with Gasteiger partial charge in [-0.15, -0.1) is 0 Å². The van der Waals surface area contributed by atoms with Crippen LogP contribution in [0.4, 0.5) is 11.4 Å². The molecule has 0 bridgehead atoms. The number of amides is 3. The van der Waals surface area contributed by atoms with Gasteiger partial charge in [0.2, 0.25) is 11.8 Å². The molecule has 1 heterocycles. The summed E-state index contributed by atoms with van der Waals surface area (Å²) in [7, 11) is 0. The molecule has 0 aliphatic carbocycles. The zero-order valence-electron chi connectivity index (χ0n) is 22.7. The van der Waals surface area contributed by atoms with E-state index >= 15 is 0 Å². The zero-order chi connectivity index (χ0) is 28.1. The normalized spacial score (nSPS) is 15.0. The first-order valence-corrected chi connectivity index (χ1v) is 13.9. The molecule has 3 aromatic carbocycles. The molecule has 0 unspecified atom stereocenters. The Morgan fingerprint density at radius 3 is 2.28 bits per heavy atom. The number of nitrogens with one attached hydrogen (secondary N) is 2. The number of rotatable bonds is 9. The van der Waals surface area contributed by atoms with E-state index in [1.54, 1.807) is 29.2 Å². The molecule has 0 spiro atoms. The van der Waals surface area contributed by atoms with Gasteiger partial charge < -0.3 is 20.3 Å². The molecule has 7 nitrogen and oxygen atoms in total. The standard InChI is InChI=1S/C31H34BrN3O4/c1-19(2)23-7-5-22(6-8-23)16-33-31(38)24-15-29(37)35(17-24)26-9-11-27(12-10-26)39-18-28(36)34-30-20(3)13-25(32)14-21(30)4/h5-14,19,24H,15-18H2,1-4H3,(H,33,38)(H,34,36)/t24-/m0/s1. The van der Waals surface area contributed by atoms with Gasteiger partial charge in [0.15, 0.2) is 6.61 Å². The number of hydrogen-bond donors (Lipinski definition) is 2. The highest BCUT2D eigenvalue weighted by molar-refractivity contribution is 9.10. The van der Waals surface area contributed by atoms with Gasteiger partial charge in [0.25, 0.3) is 5.91 Å². The van der Waals surface area contributed by atoms with E-state index < -0.39 is 5.92 Å². The van der Waals surface area contributed by atoms with Crippen molar-refractivity contribution in [3.63, 3.8) is 0 Å². The molecule has 1 atom stereocenters. The zero-order valence-corrected chi connectivity index (χ0v) is 24.3. The van der Waals surface area contributed by atoms with E-state index in [2.05, 4.69) is 52.5 Å². The number of halogens is 1. The van der Waals surface area contributed by atoms with E-state index in [4.69, 9.17) is 4.74 Å². The van der Waals surface area contributed by atoms with Gasteiger partial charge >= 0.3 is 0 Å². The van der Waals surface area contributed by atoms with Crippen molar-refractivity contribution in [2.45, 2.75) is 46.6 Å². The van der Waals surface area contributed by atoms with Gasteiger partial charge in [0, 0.05) is 35.4 Å². The highest BCUT2D eigenvalue weighted by Gasteiger charge is 2.35. The lowest BCUT2D eigenvalue weighted by Crippen LogP contribution is -2.32. The van der Waals surface area contributed by atoms with Crippen LogP contribution in [0, 0.1) is 19.8 Å². The second-order valence-electron chi connectivity index (χ2n) is 10.3. The van der Waals surface area contributed by atoms with Crippen molar-refractivity contribution in [1.82, 2.24) is 5.32 Å². The molecule has 39 heavy (non-hydrogen) atoms. The number of ether oxygens (including phenoxy) is 1. The van der Waals surface area contributed by atoms with E-state index in [0.29, 0.717) is 30.4 Å². The first-order valence-electron chi connectivity index (χ1n) is 13.1. The van der Waals surface area contributed by atoms with Crippen LogP contribution in [0.3, 0.4) is 0 Å². The molecule has 1 fully saturated rings. The summed E-state index contributed by atoms with van der Waals surface area (Å²) in [6.07, 6.45) is 0.172. The molecule has 3 aromatic rings. The molecular formula is C31H34BrN3O4. The van der Waals surface area contributed by atoms with Gasteiger partial charge in [-0.25, -0.2) is 0 Å². The van der Waals surface area contributed by atoms with Crippen molar-refractivity contribution in [3.05, 3.63) is 87.4 Å². The third-order valence-electron chi connectivity index (χ3n) is 6.89. The first-order chi connectivity index (χ1) is 18.6. The summed E-state index contributed by atoms with van der Waals surface area (Å²) in [4.78, 5) is 39.5. The topological polar surface area (TPSA) is 87.7 Å². The number of carbonyl (C=O) groups is 3. The lowest BCUT2D eigenvalue weighted by atomic mass is 10.0. The van der Waals surface area contributed by atoms with Gasteiger partial charge in [-0.1, -0.05) is 54.0 Å². The Balaban J connectivity index is 1.27. The van der Waals surface area contributed by atoms with Crippen LogP contribution in [0.5, 0.6) is 5.75 Å². The summed E-state index contributed by atoms with van der Waals surface area (Å²) in [5.74, 6) is 0.0958. The van der Waals surface area contributed by atoms with Crippen LogP contribution < -0.4 is 20.3 Å². The van der Waals surface area contributed by atoms with Crippen LogP contribution >= 0.6 is 15.9 Å². The molecule has 204 valence electrons. The SMILES string of the molecule is Cc1cc(Br)cc(C)c1NC(=O)COc1ccc(N2C[C@@H](C(=O)NCc3ccc(C(C)C)cc3)CC2=O)cc1. The second kappa shape index (κ2) is 12.5. The van der Waals surface area contributed by atoms with Gasteiger partial charge in [0.05, 0.1) is 5.92 Å². The third-order valence-corrected chi connectivity index (χ3v) is 7.35. The molecule has 3 amide bonds. The van der Waals surface area contributed by atoms with Crippen molar-refractivity contribution in [2.75, 3.05) is 23.4 Å². The molecule has 1 aliphatic rings. The van der Waals surface area contributed by atoms with Gasteiger partial charge in [-0.3, -0.25) is 14.4 Å². The first kappa shape index (κ1) is 28.4. The Labute approximate surface area is 238 Å². The van der Waals surface area contributed by atoms with Crippen molar-refractivity contribution < 1.29 is 19.1 Å². The molecule has 0 aromatic heterocycles. The highest BCUT2D eigenvalue weighted by atomic mass is 79.9. The van der Waals surface area contributed by atoms with Gasteiger partial charge in [-0.2, -0.15) is 0 Å².